The zero-order valence-corrected chi connectivity index (χ0v) is 6.95. The molecule has 1 aromatic rings. The summed E-state index contributed by atoms with van der Waals surface area (Å²) in [7, 11) is 1.66. The number of halogens is 2. The van der Waals surface area contributed by atoms with E-state index < -0.39 is 0 Å². The van der Waals surface area contributed by atoms with Crippen LogP contribution in [0.1, 0.15) is 0 Å². The Balaban J connectivity index is 0.000000810. The lowest BCUT2D eigenvalue weighted by atomic mass is 10.5. The number of pyridine rings is 1. The van der Waals surface area contributed by atoms with E-state index >= 15 is 0 Å². The second-order valence-electron chi connectivity index (χ2n) is 1.77. The van der Waals surface area contributed by atoms with Crippen molar-refractivity contribution < 1.29 is 0 Å². The normalized spacial score (nSPS) is 8.60. The van der Waals surface area contributed by atoms with Gasteiger partial charge in [0.15, 0.2) is 0 Å². The van der Waals surface area contributed by atoms with E-state index in [2.05, 4.69) is 0 Å². The third-order valence-corrected chi connectivity index (χ3v) is 1.36. The van der Waals surface area contributed by atoms with Crippen molar-refractivity contribution in [1.29, 1.82) is 0 Å². The molecule has 10 heavy (non-hydrogen) atoms. The third-order valence-electron chi connectivity index (χ3n) is 1.08. The molecule has 0 spiro atoms. The molecule has 0 aromatic carbocycles. The predicted octanol–water partition coefficient (Wildman–Crippen LogP) is 1.46. The zero-order chi connectivity index (χ0) is 6.85. The van der Waals surface area contributed by atoms with E-state index in [0.29, 0.717) is 0 Å². The van der Waals surface area contributed by atoms with Crippen LogP contribution in [-0.2, 0) is 7.05 Å². The first-order valence-corrected chi connectivity index (χ1v) is 2.91. The fraction of sp³-hybridized carbons (Fsp3) is 0.167. The number of nitrogens with zero attached hydrogens (tertiary/aromatic N) is 1. The summed E-state index contributed by atoms with van der Waals surface area (Å²) < 4.78 is 1.43. The van der Waals surface area contributed by atoms with Gasteiger partial charge in [0, 0.05) is 13.2 Å². The molecule has 0 fully saturated rings. The first kappa shape index (κ1) is 9.53. The maximum atomic E-state index is 10.8. The van der Waals surface area contributed by atoms with Gasteiger partial charge >= 0.3 is 0 Å². The van der Waals surface area contributed by atoms with Gasteiger partial charge < -0.3 is 4.57 Å². The number of rotatable bonds is 0. The van der Waals surface area contributed by atoms with Gasteiger partial charge in [0.2, 0.25) is 0 Å². The second kappa shape index (κ2) is 3.64. The molecular weight excluding hydrogens is 173 g/mol. The van der Waals surface area contributed by atoms with Gasteiger partial charge in [-0.05, 0) is 12.1 Å². The van der Waals surface area contributed by atoms with Crippen LogP contribution in [0, 0.1) is 0 Å². The summed E-state index contributed by atoms with van der Waals surface area (Å²) in [6.45, 7) is 0. The molecule has 0 unspecified atom stereocenters. The summed E-state index contributed by atoms with van der Waals surface area (Å²) in [5, 5.41) is 0.264. The average molecular weight is 180 g/mol. The molecule has 1 aromatic heterocycles. The summed E-state index contributed by atoms with van der Waals surface area (Å²) in [4.78, 5) is 10.8. The topological polar surface area (TPSA) is 22.0 Å². The van der Waals surface area contributed by atoms with E-state index in [-0.39, 0.29) is 23.0 Å². The molecule has 0 aliphatic heterocycles. The zero-order valence-electron chi connectivity index (χ0n) is 5.37. The van der Waals surface area contributed by atoms with E-state index in [1.165, 1.54) is 4.57 Å². The predicted molar refractivity (Wildman–Crippen MR) is 43.9 cm³/mol. The largest absolute Gasteiger partial charge is 0.317 e. The Morgan fingerprint density at radius 2 is 2.20 bits per heavy atom. The number of hydrogen-bond donors (Lipinski definition) is 0. The van der Waals surface area contributed by atoms with Crippen molar-refractivity contribution in [3.05, 3.63) is 33.7 Å². The van der Waals surface area contributed by atoms with Crippen LogP contribution >= 0.6 is 24.0 Å². The lowest BCUT2D eigenvalue weighted by Crippen LogP contribution is -2.14. The summed E-state index contributed by atoms with van der Waals surface area (Å²) >= 11 is 5.48. The molecule has 0 amide bonds. The molecule has 56 valence electrons. The molecule has 0 radical (unpaired) electrons. The highest BCUT2D eigenvalue weighted by Crippen LogP contribution is 1.96. The maximum Gasteiger partial charge on any atom is 0.269 e. The highest BCUT2D eigenvalue weighted by Gasteiger charge is 1.92. The van der Waals surface area contributed by atoms with E-state index in [9.17, 15) is 4.79 Å². The fourth-order valence-electron chi connectivity index (χ4n) is 0.564. The quantitative estimate of drug-likeness (QED) is 0.592. The standard InChI is InChI=1S/C6H6ClNO.ClH/c1-8-4-2-3-5(7)6(8)9;/h2-4H,1H3;1H. The fourth-order valence-corrected chi connectivity index (χ4v) is 0.770. The molecule has 2 nitrogen and oxygen atoms in total. The molecule has 0 aliphatic rings. The third kappa shape index (κ3) is 1.75. The first-order chi connectivity index (χ1) is 4.22. The molecule has 0 aliphatic carbocycles. The maximum absolute atomic E-state index is 10.8. The van der Waals surface area contributed by atoms with Crippen LogP contribution in [0.2, 0.25) is 5.02 Å². The number of aromatic nitrogens is 1. The van der Waals surface area contributed by atoms with Gasteiger partial charge in [-0.2, -0.15) is 0 Å². The number of hydrogen-bond acceptors (Lipinski definition) is 1. The van der Waals surface area contributed by atoms with Crippen LogP contribution in [0.15, 0.2) is 23.1 Å². The van der Waals surface area contributed by atoms with Crippen molar-refractivity contribution in [2.75, 3.05) is 0 Å². The van der Waals surface area contributed by atoms with Gasteiger partial charge in [-0.3, -0.25) is 4.79 Å². The Kier molecular flexibility index (Phi) is 3.47. The molecule has 4 heteroatoms. The Hall–Kier alpha value is -0.470. The summed E-state index contributed by atoms with van der Waals surface area (Å²) in [5.41, 5.74) is -0.154. The van der Waals surface area contributed by atoms with Gasteiger partial charge in [-0.25, -0.2) is 0 Å². The Labute approximate surface area is 69.8 Å². The summed E-state index contributed by atoms with van der Waals surface area (Å²) in [6.07, 6.45) is 1.66. The van der Waals surface area contributed by atoms with E-state index in [0.717, 1.165) is 0 Å². The molecule has 0 atom stereocenters. The average Bonchev–Trinajstić information content (AvgIpc) is 1.83. The Bertz CT molecular complexity index is 245. The molecule has 1 heterocycles. The van der Waals surface area contributed by atoms with Crippen LogP contribution < -0.4 is 5.56 Å². The minimum Gasteiger partial charge on any atom is -0.317 e. The van der Waals surface area contributed by atoms with Crippen molar-refractivity contribution in [3.63, 3.8) is 0 Å². The van der Waals surface area contributed by atoms with Gasteiger partial charge in [0.25, 0.3) is 5.56 Å². The lowest BCUT2D eigenvalue weighted by molar-refractivity contribution is 0.861. The minimum atomic E-state index is -0.154. The highest BCUT2D eigenvalue weighted by atomic mass is 35.5. The molecule has 0 saturated heterocycles. The van der Waals surface area contributed by atoms with Crippen LogP contribution in [0.5, 0.6) is 0 Å². The second-order valence-corrected chi connectivity index (χ2v) is 2.18. The highest BCUT2D eigenvalue weighted by molar-refractivity contribution is 6.30. The molecule has 1 rings (SSSR count). The van der Waals surface area contributed by atoms with Gasteiger partial charge in [-0.15, -0.1) is 12.4 Å². The molecular formula is C6H7Cl2NO. The van der Waals surface area contributed by atoms with Gasteiger partial charge in [-0.1, -0.05) is 11.6 Å². The van der Waals surface area contributed by atoms with Crippen molar-refractivity contribution in [1.82, 2.24) is 4.57 Å². The van der Waals surface area contributed by atoms with E-state index in [1.807, 2.05) is 0 Å². The van der Waals surface area contributed by atoms with Crippen molar-refractivity contribution in [2.45, 2.75) is 0 Å². The van der Waals surface area contributed by atoms with Crippen molar-refractivity contribution >= 4 is 24.0 Å². The smallest absolute Gasteiger partial charge is 0.269 e. The minimum absolute atomic E-state index is 0. The van der Waals surface area contributed by atoms with E-state index in [1.54, 1.807) is 25.4 Å². The first-order valence-electron chi connectivity index (χ1n) is 2.53. The lowest BCUT2D eigenvalue weighted by Gasteiger charge is -1.93. The number of aryl methyl sites for hydroxylation is 1. The van der Waals surface area contributed by atoms with Crippen LogP contribution in [-0.4, -0.2) is 4.57 Å². The van der Waals surface area contributed by atoms with E-state index in [4.69, 9.17) is 11.6 Å². The monoisotopic (exact) mass is 179 g/mol. The molecule has 0 N–H and O–H groups in total. The Morgan fingerprint density at radius 1 is 1.60 bits per heavy atom. The van der Waals surface area contributed by atoms with Crippen LogP contribution in [0.25, 0.3) is 0 Å². The van der Waals surface area contributed by atoms with Gasteiger partial charge in [0.05, 0.1) is 0 Å². The molecule has 0 saturated carbocycles. The summed E-state index contributed by atoms with van der Waals surface area (Å²) in [6, 6.07) is 3.30. The van der Waals surface area contributed by atoms with Crippen molar-refractivity contribution in [3.8, 4) is 0 Å². The van der Waals surface area contributed by atoms with Crippen LogP contribution in [0.4, 0.5) is 0 Å². The Morgan fingerprint density at radius 3 is 2.60 bits per heavy atom. The molecule has 0 bridgehead atoms. The van der Waals surface area contributed by atoms with Crippen molar-refractivity contribution in [2.24, 2.45) is 7.05 Å². The van der Waals surface area contributed by atoms with Crippen LogP contribution in [0.3, 0.4) is 0 Å². The summed E-state index contributed by atoms with van der Waals surface area (Å²) in [5.74, 6) is 0. The SMILES string of the molecule is Cl.Cn1cccc(Cl)c1=O. The van der Waals surface area contributed by atoms with Gasteiger partial charge in [0.1, 0.15) is 5.02 Å².